The largest absolute Gasteiger partial charge is 0.456 e. The van der Waals surface area contributed by atoms with Crippen LogP contribution in [-0.4, -0.2) is 72.8 Å². The van der Waals surface area contributed by atoms with Gasteiger partial charge in [-0.3, -0.25) is 24.1 Å². The zero-order valence-corrected chi connectivity index (χ0v) is 23.7. The second-order valence-corrected chi connectivity index (χ2v) is 11.2. The quantitative estimate of drug-likeness (QED) is 0.302. The summed E-state index contributed by atoms with van der Waals surface area (Å²) in [6.07, 6.45) is 3.32. The Morgan fingerprint density at radius 1 is 0.732 bits per heavy atom. The fourth-order valence-electron chi connectivity index (χ4n) is 5.59. The lowest BCUT2D eigenvalue weighted by Gasteiger charge is -2.21. The zero-order chi connectivity index (χ0) is 29.1. The minimum Gasteiger partial charge on any atom is -0.456 e. The average molecular weight is 557 g/mol. The Balaban J connectivity index is 1.18. The van der Waals surface area contributed by atoms with Crippen molar-refractivity contribution in [2.75, 3.05) is 20.3 Å². The normalized spacial score (nSPS) is 22.5. The number of hydrogen-bond acceptors (Lipinski definition) is 8. The molecule has 4 atom stereocenters. The molecule has 2 saturated heterocycles. The van der Waals surface area contributed by atoms with Crippen LogP contribution in [0.3, 0.4) is 0 Å². The third-order valence-electron chi connectivity index (χ3n) is 8.37. The van der Waals surface area contributed by atoms with Gasteiger partial charge >= 0.3 is 11.9 Å². The van der Waals surface area contributed by atoms with E-state index in [9.17, 15) is 19.2 Å². The number of likely N-dealkylation sites (tertiary alicyclic amines) is 1. The molecule has 2 heterocycles. The van der Waals surface area contributed by atoms with E-state index in [1.54, 1.807) is 18.2 Å². The molecule has 0 aliphatic carbocycles. The van der Waals surface area contributed by atoms with Gasteiger partial charge in [0.25, 0.3) is 0 Å². The van der Waals surface area contributed by atoms with Gasteiger partial charge in [-0.05, 0) is 80.6 Å². The van der Waals surface area contributed by atoms with E-state index in [4.69, 9.17) is 9.47 Å². The Morgan fingerprint density at radius 3 is 2.00 bits per heavy atom. The molecular formula is C33H36N2O6. The molecule has 0 bridgehead atoms. The first kappa shape index (κ1) is 28.6. The number of fused-ring (bicyclic) bond motifs is 1. The molecule has 0 radical (unpaired) electrons. The van der Waals surface area contributed by atoms with Crippen molar-refractivity contribution in [1.29, 1.82) is 0 Å². The van der Waals surface area contributed by atoms with Crippen LogP contribution in [0.25, 0.3) is 21.9 Å². The second kappa shape index (κ2) is 12.3. The van der Waals surface area contributed by atoms with Crippen LogP contribution in [0.5, 0.6) is 0 Å². The Hall–Kier alpha value is -3.88. The summed E-state index contributed by atoms with van der Waals surface area (Å²) < 4.78 is 10.6. The molecule has 8 nitrogen and oxygen atoms in total. The van der Waals surface area contributed by atoms with Crippen LogP contribution in [0.4, 0.5) is 0 Å². The van der Waals surface area contributed by atoms with E-state index in [1.165, 1.54) is 0 Å². The lowest BCUT2D eigenvalue weighted by molar-refractivity contribution is -0.147. The van der Waals surface area contributed by atoms with E-state index in [1.807, 2.05) is 61.3 Å². The molecule has 2 aliphatic rings. The van der Waals surface area contributed by atoms with Gasteiger partial charge in [-0.15, -0.1) is 0 Å². The number of rotatable bonds is 9. The molecular weight excluding hydrogens is 520 g/mol. The number of nitrogens with one attached hydrogen (secondary N) is 1. The summed E-state index contributed by atoms with van der Waals surface area (Å²) in [7, 11) is 1.91. The molecule has 8 heteroatoms. The number of hydrogen-bond donors (Lipinski definition) is 1. The van der Waals surface area contributed by atoms with Gasteiger partial charge in [-0.25, -0.2) is 0 Å². The molecule has 0 spiro atoms. The van der Waals surface area contributed by atoms with Crippen LogP contribution in [-0.2, 0) is 19.1 Å². The third kappa shape index (κ3) is 6.55. The van der Waals surface area contributed by atoms with E-state index in [0.717, 1.165) is 47.6 Å². The Morgan fingerprint density at radius 2 is 1.34 bits per heavy atom. The van der Waals surface area contributed by atoms with Crippen molar-refractivity contribution >= 4 is 34.3 Å². The maximum atomic E-state index is 12.7. The number of nitrogens with zero attached hydrogens (tertiary/aromatic N) is 1. The maximum Gasteiger partial charge on any atom is 0.323 e. The van der Waals surface area contributed by atoms with Gasteiger partial charge in [-0.2, -0.15) is 0 Å². The van der Waals surface area contributed by atoms with Crippen molar-refractivity contribution in [2.45, 2.75) is 63.7 Å². The highest BCUT2D eigenvalue weighted by molar-refractivity contribution is 6.02. The van der Waals surface area contributed by atoms with Gasteiger partial charge in [0.1, 0.15) is 12.1 Å². The highest BCUT2D eigenvalue weighted by Crippen LogP contribution is 2.27. The fourth-order valence-corrected chi connectivity index (χ4v) is 5.59. The topological polar surface area (TPSA) is 102 Å². The van der Waals surface area contributed by atoms with Gasteiger partial charge in [0.15, 0.2) is 24.8 Å². The monoisotopic (exact) mass is 556 g/mol. The SMILES string of the molecule is CC1CCC(C(=O)OCC(=O)c2ccc(-c3ccc4cc(C(=O)COC(=O)C5CCC(C)N5C)ccc4c3)cc2)N1. The predicted molar refractivity (Wildman–Crippen MR) is 156 cm³/mol. The predicted octanol–water partition coefficient (Wildman–Crippen LogP) is 4.58. The van der Waals surface area contributed by atoms with E-state index >= 15 is 0 Å². The second-order valence-electron chi connectivity index (χ2n) is 11.2. The first-order valence-corrected chi connectivity index (χ1v) is 14.2. The van der Waals surface area contributed by atoms with Crippen LogP contribution in [0, 0.1) is 0 Å². The van der Waals surface area contributed by atoms with Crippen molar-refractivity contribution in [1.82, 2.24) is 10.2 Å². The van der Waals surface area contributed by atoms with Crippen LogP contribution in [0.2, 0.25) is 0 Å². The van der Waals surface area contributed by atoms with E-state index in [0.29, 0.717) is 17.2 Å². The highest BCUT2D eigenvalue weighted by atomic mass is 16.5. The number of likely N-dealkylation sites (N-methyl/N-ethyl adjacent to an activating group) is 1. The number of ether oxygens (including phenoxy) is 2. The van der Waals surface area contributed by atoms with Crippen molar-refractivity contribution in [3.8, 4) is 11.1 Å². The number of benzene rings is 3. The molecule has 2 fully saturated rings. The van der Waals surface area contributed by atoms with Crippen LogP contribution in [0.15, 0.2) is 60.7 Å². The molecule has 5 rings (SSSR count). The van der Waals surface area contributed by atoms with Gasteiger partial charge in [0.05, 0.1) is 0 Å². The number of carbonyl (C=O) groups excluding carboxylic acids is 4. The van der Waals surface area contributed by atoms with Crippen molar-refractivity contribution in [3.63, 3.8) is 0 Å². The lowest BCUT2D eigenvalue weighted by Crippen LogP contribution is -2.38. The van der Waals surface area contributed by atoms with Gasteiger partial charge in [0, 0.05) is 23.2 Å². The Labute approximate surface area is 240 Å². The smallest absolute Gasteiger partial charge is 0.323 e. The van der Waals surface area contributed by atoms with Crippen LogP contribution in [0.1, 0.15) is 60.2 Å². The highest BCUT2D eigenvalue weighted by Gasteiger charge is 2.34. The van der Waals surface area contributed by atoms with Gasteiger partial charge in [-0.1, -0.05) is 48.5 Å². The summed E-state index contributed by atoms with van der Waals surface area (Å²) in [5, 5.41) is 5.02. The summed E-state index contributed by atoms with van der Waals surface area (Å²) in [6, 6.07) is 18.5. The molecule has 1 N–H and O–H groups in total. The first-order valence-electron chi connectivity index (χ1n) is 14.2. The van der Waals surface area contributed by atoms with Crippen LogP contribution < -0.4 is 5.32 Å². The van der Waals surface area contributed by atoms with Crippen LogP contribution >= 0.6 is 0 Å². The molecule has 214 valence electrons. The minimum absolute atomic E-state index is 0.238. The summed E-state index contributed by atoms with van der Waals surface area (Å²) in [5.41, 5.74) is 2.87. The average Bonchev–Trinajstić information content (AvgIpc) is 3.58. The molecule has 0 aromatic heterocycles. The van der Waals surface area contributed by atoms with E-state index < -0.39 is 0 Å². The fraction of sp³-hybridized carbons (Fsp3) is 0.394. The van der Waals surface area contributed by atoms with Crippen molar-refractivity contribution < 1.29 is 28.7 Å². The Bertz CT molecular complexity index is 1470. The molecule has 41 heavy (non-hydrogen) atoms. The molecule has 0 saturated carbocycles. The maximum absolute atomic E-state index is 12.7. The molecule has 3 aromatic carbocycles. The summed E-state index contributed by atoms with van der Waals surface area (Å²) >= 11 is 0. The number of esters is 2. The molecule has 3 aromatic rings. The molecule has 4 unspecified atom stereocenters. The van der Waals surface area contributed by atoms with E-state index in [2.05, 4.69) is 12.2 Å². The number of ketones is 2. The molecule has 2 aliphatic heterocycles. The first-order chi connectivity index (χ1) is 19.7. The van der Waals surface area contributed by atoms with Crippen molar-refractivity contribution in [2.24, 2.45) is 0 Å². The Kier molecular flexibility index (Phi) is 8.61. The number of Topliss-reactive ketones (excluding diaryl/α,β-unsaturated/α-hetero) is 2. The van der Waals surface area contributed by atoms with Crippen molar-refractivity contribution in [3.05, 3.63) is 71.8 Å². The zero-order valence-electron chi connectivity index (χ0n) is 23.7. The van der Waals surface area contributed by atoms with Gasteiger partial charge < -0.3 is 14.8 Å². The lowest BCUT2D eigenvalue weighted by atomic mass is 9.98. The summed E-state index contributed by atoms with van der Waals surface area (Å²) in [6.45, 7) is 3.54. The standard InChI is InChI=1S/C33H36N2O6/c1-20-4-14-28(34-20)32(38)40-18-30(36)23-8-6-22(7-9-23)24-10-11-26-17-27(13-12-25(26)16-24)31(37)19-41-33(39)29-15-5-21(2)35(29)3/h6-13,16-17,20-21,28-29,34H,4-5,14-15,18-19H2,1-3H3. The van der Waals surface area contributed by atoms with Gasteiger partial charge in [0.2, 0.25) is 0 Å². The summed E-state index contributed by atoms with van der Waals surface area (Å²) in [5.74, 6) is -1.21. The summed E-state index contributed by atoms with van der Waals surface area (Å²) in [4.78, 5) is 51.9. The van der Waals surface area contributed by atoms with E-state index in [-0.39, 0.29) is 54.8 Å². The molecule has 0 amide bonds. The third-order valence-corrected chi connectivity index (χ3v) is 8.37. The number of carbonyl (C=O) groups is 4. The minimum atomic E-state index is -0.382.